The van der Waals surface area contributed by atoms with Crippen LogP contribution in [-0.4, -0.2) is 6.54 Å². The molecular weight excluding hydrogens is 258 g/mol. The average Bonchev–Trinajstić information content (AvgIpc) is 2.48. The molecule has 1 atom stereocenters. The fraction of sp³-hybridized carbons (Fsp3) is 0.368. The highest BCUT2D eigenvalue weighted by molar-refractivity contribution is 5.37. The maximum atomic E-state index is 6.01. The van der Waals surface area contributed by atoms with Crippen LogP contribution in [0.25, 0.3) is 0 Å². The van der Waals surface area contributed by atoms with Crippen LogP contribution in [0.2, 0.25) is 0 Å². The number of nitrogens with one attached hydrogen (secondary N) is 1. The lowest BCUT2D eigenvalue weighted by Crippen LogP contribution is -2.17. The van der Waals surface area contributed by atoms with Crippen molar-refractivity contribution in [2.24, 2.45) is 0 Å². The molecule has 2 heteroatoms. The van der Waals surface area contributed by atoms with Gasteiger partial charge in [-0.1, -0.05) is 45.0 Å². The normalized spacial score (nSPS) is 12.4. The van der Waals surface area contributed by atoms with Gasteiger partial charge in [-0.3, -0.25) is 0 Å². The van der Waals surface area contributed by atoms with Crippen molar-refractivity contribution in [1.29, 1.82) is 0 Å². The lowest BCUT2D eigenvalue weighted by Gasteiger charge is -2.14. The summed E-state index contributed by atoms with van der Waals surface area (Å²) in [5.74, 6) is 2.29. The van der Waals surface area contributed by atoms with Crippen molar-refractivity contribution in [2.75, 3.05) is 6.54 Å². The van der Waals surface area contributed by atoms with Crippen molar-refractivity contribution >= 4 is 0 Å². The molecule has 2 nitrogen and oxygen atoms in total. The van der Waals surface area contributed by atoms with Gasteiger partial charge in [0.15, 0.2) is 0 Å². The summed E-state index contributed by atoms with van der Waals surface area (Å²) in [6.07, 6.45) is 0. The van der Waals surface area contributed by atoms with Crippen molar-refractivity contribution in [1.82, 2.24) is 5.32 Å². The SMILES string of the molecule is CCNC(C)c1cccc(Oc2cccc(C(C)C)c2)c1. The zero-order valence-corrected chi connectivity index (χ0v) is 13.4. The van der Waals surface area contributed by atoms with E-state index in [0.29, 0.717) is 12.0 Å². The molecule has 0 fully saturated rings. The van der Waals surface area contributed by atoms with Gasteiger partial charge in [0.05, 0.1) is 0 Å². The molecular formula is C19H25NO. The summed E-state index contributed by atoms with van der Waals surface area (Å²) in [4.78, 5) is 0. The number of hydrogen-bond donors (Lipinski definition) is 1. The third-order valence-electron chi connectivity index (χ3n) is 3.63. The van der Waals surface area contributed by atoms with Gasteiger partial charge in [0.1, 0.15) is 11.5 Å². The smallest absolute Gasteiger partial charge is 0.127 e. The minimum atomic E-state index is 0.334. The maximum Gasteiger partial charge on any atom is 0.127 e. The first-order valence-electron chi connectivity index (χ1n) is 7.71. The standard InChI is InChI=1S/C19H25NO/c1-5-20-15(4)17-9-7-11-19(13-17)21-18-10-6-8-16(12-18)14(2)3/h6-15,20H,5H2,1-4H3. The van der Waals surface area contributed by atoms with Gasteiger partial charge in [0.2, 0.25) is 0 Å². The minimum absolute atomic E-state index is 0.334. The van der Waals surface area contributed by atoms with Crippen LogP contribution in [-0.2, 0) is 0 Å². The average molecular weight is 283 g/mol. The van der Waals surface area contributed by atoms with Crippen LogP contribution in [0.3, 0.4) is 0 Å². The summed E-state index contributed by atoms with van der Waals surface area (Å²) in [7, 11) is 0. The predicted molar refractivity (Wildman–Crippen MR) is 89.1 cm³/mol. The van der Waals surface area contributed by atoms with Crippen LogP contribution >= 0.6 is 0 Å². The Hall–Kier alpha value is -1.80. The Labute approximate surface area is 128 Å². The molecule has 0 heterocycles. The van der Waals surface area contributed by atoms with Crippen LogP contribution < -0.4 is 10.1 Å². The third-order valence-corrected chi connectivity index (χ3v) is 3.63. The maximum absolute atomic E-state index is 6.01. The van der Waals surface area contributed by atoms with Gasteiger partial charge in [0, 0.05) is 6.04 Å². The number of rotatable bonds is 6. The van der Waals surface area contributed by atoms with Crippen LogP contribution in [0.4, 0.5) is 0 Å². The highest BCUT2D eigenvalue weighted by Gasteiger charge is 2.06. The number of benzene rings is 2. The van der Waals surface area contributed by atoms with Crippen LogP contribution in [0.5, 0.6) is 11.5 Å². The third kappa shape index (κ3) is 4.33. The molecule has 0 spiro atoms. The molecule has 21 heavy (non-hydrogen) atoms. The number of ether oxygens (including phenoxy) is 1. The molecule has 0 radical (unpaired) electrons. The van der Waals surface area contributed by atoms with E-state index in [0.717, 1.165) is 18.0 Å². The van der Waals surface area contributed by atoms with Gasteiger partial charge in [-0.2, -0.15) is 0 Å². The fourth-order valence-electron chi connectivity index (χ4n) is 2.34. The predicted octanol–water partition coefficient (Wildman–Crippen LogP) is 5.27. The molecule has 1 unspecified atom stereocenters. The molecule has 0 saturated carbocycles. The first kappa shape index (κ1) is 15.6. The summed E-state index contributed by atoms with van der Waals surface area (Å²) in [5.41, 5.74) is 2.54. The van der Waals surface area contributed by atoms with E-state index >= 15 is 0 Å². The second kappa shape index (κ2) is 7.28. The molecule has 0 aromatic heterocycles. The molecule has 0 aliphatic heterocycles. The molecule has 112 valence electrons. The van der Waals surface area contributed by atoms with E-state index in [4.69, 9.17) is 4.74 Å². The van der Waals surface area contributed by atoms with E-state index in [1.165, 1.54) is 11.1 Å². The van der Waals surface area contributed by atoms with Crippen molar-refractivity contribution < 1.29 is 4.74 Å². The molecule has 0 aliphatic rings. The highest BCUT2D eigenvalue weighted by atomic mass is 16.5. The van der Waals surface area contributed by atoms with Crippen molar-refractivity contribution in [3.05, 3.63) is 59.7 Å². The zero-order chi connectivity index (χ0) is 15.2. The molecule has 1 N–H and O–H groups in total. The van der Waals surface area contributed by atoms with E-state index in [9.17, 15) is 0 Å². The Kier molecular flexibility index (Phi) is 5.40. The van der Waals surface area contributed by atoms with Crippen LogP contribution in [0, 0.1) is 0 Å². The van der Waals surface area contributed by atoms with E-state index in [1.54, 1.807) is 0 Å². The van der Waals surface area contributed by atoms with Gasteiger partial charge in [-0.15, -0.1) is 0 Å². The second-order valence-electron chi connectivity index (χ2n) is 5.68. The van der Waals surface area contributed by atoms with Gasteiger partial charge in [-0.25, -0.2) is 0 Å². The van der Waals surface area contributed by atoms with Crippen LogP contribution in [0.15, 0.2) is 48.5 Å². The summed E-state index contributed by atoms with van der Waals surface area (Å²) in [6.45, 7) is 9.63. The summed E-state index contributed by atoms with van der Waals surface area (Å²) in [5, 5.41) is 3.42. The summed E-state index contributed by atoms with van der Waals surface area (Å²) in [6, 6.07) is 16.9. The van der Waals surface area contributed by atoms with Crippen molar-refractivity contribution in [3.63, 3.8) is 0 Å². The van der Waals surface area contributed by atoms with E-state index in [-0.39, 0.29) is 0 Å². The van der Waals surface area contributed by atoms with Gasteiger partial charge in [-0.05, 0) is 54.8 Å². The first-order valence-corrected chi connectivity index (χ1v) is 7.71. The molecule has 2 aromatic rings. The topological polar surface area (TPSA) is 21.3 Å². The first-order chi connectivity index (χ1) is 10.1. The minimum Gasteiger partial charge on any atom is -0.457 e. The van der Waals surface area contributed by atoms with Crippen LogP contribution in [0.1, 0.15) is 50.8 Å². The summed E-state index contributed by atoms with van der Waals surface area (Å²) < 4.78 is 6.01. The molecule has 0 saturated heterocycles. The molecule has 0 bridgehead atoms. The monoisotopic (exact) mass is 283 g/mol. The Morgan fingerprint density at radius 2 is 1.48 bits per heavy atom. The van der Waals surface area contributed by atoms with Gasteiger partial charge < -0.3 is 10.1 Å². The lowest BCUT2D eigenvalue weighted by molar-refractivity contribution is 0.479. The van der Waals surface area contributed by atoms with Crippen molar-refractivity contribution in [3.8, 4) is 11.5 Å². The molecule has 0 amide bonds. The zero-order valence-electron chi connectivity index (χ0n) is 13.4. The fourth-order valence-corrected chi connectivity index (χ4v) is 2.34. The summed E-state index contributed by atoms with van der Waals surface area (Å²) >= 11 is 0. The lowest BCUT2D eigenvalue weighted by atomic mass is 10.0. The van der Waals surface area contributed by atoms with E-state index < -0.39 is 0 Å². The number of hydrogen-bond acceptors (Lipinski definition) is 2. The highest BCUT2D eigenvalue weighted by Crippen LogP contribution is 2.27. The molecule has 0 aliphatic carbocycles. The van der Waals surface area contributed by atoms with E-state index in [1.807, 2.05) is 18.2 Å². The van der Waals surface area contributed by atoms with E-state index in [2.05, 4.69) is 63.3 Å². The molecule has 2 rings (SSSR count). The molecule has 2 aromatic carbocycles. The quantitative estimate of drug-likeness (QED) is 0.779. The second-order valence-corrected chi connectivity index (χ2v) is 5.68. The Bertz CT molecular complexity index is 577. The van der Waals surface area contributed by atoms with Gasteiger partial charge >= 0.3 is 0 Å². The van der Waals surface area contributed by atoms with Gasteiger partial charge in [0.25, 0.3) is 0 Å². The Morgan fingerprint density at radius 3 is 2.05 bits per heavy atom. The Morgan fingerprint density at radius 1 is 0.905 bits per heavy atom. The largest absolute Gasteiger partial charge is 0.457 e. The van der Waals surface area contributed by atoms with Crippen molar-refractivity contribution in [2.45, 2.75) is 39.7 Å². The Balaban J connectivity index is 2.16.